The van der Waals surface area contributed by atoms with Crippen LogP contribution in [0.3, 0.4) is 0 Å². The summed E-state index contributed by atoms with van der Waals surface area (Å²) in [5.41, 5.74) is 13.8. The Hall–Kier alpha value is -7.43. The van der Waals surface area contributed by atoms with Gasteiger partial charge in [0.1, 0.15) is 0 Å². The van der Waals surface area contributed by atoms with Crippen molar-refractivity contribution >= 4 is 21.8 Å². The normalized spacial score (nSPS) is 11.3. The van der Waals surface area contributed by atoms with Gasteiger partial charge < -0.3 is 4.57 Å². The molecule has 10 aromatic rings. The molecule has 258 valence electrons. The van der Waals surface area contributed by atoms with Crippen LogP contribution in [0, 0.1) is 0 Å². The third kappa shape index (κ3) is 6.06. The Morgan fingerprint density at radius 1 is 0.309 bits per heavy atom. The van der Waals surface area contributed by atoms with Crippen molar-refractivity contribution in [2.24, 2.45) is 0 Å². The van der Waals surface area contributed by atoms with Crippen LogP contribution in [0.15, 0.2) is 225 Å². The van der Waals surface area contributed by atoms with Gasteiger partial charge in [-0.2, -0.15) is 0 Å². The molecule has 0 amide bonds. The van der Waals surface area contributed by atoms with Crippen LogP contribution in [0.2, 0.25) is 0 Å². The highest BCUT2D eigenvalue weighted by atomic mass is 15.2. The van der Waals surface area contributed by atoms with Gasteiger partial charge in [-0.1, -0.05) is 159 Å². The molecule has 0 saturated heterocycles. The number of fused-ring (bicyclic) bond motifs is 3. The topological polar surface area (TPSA) is 16.6 Å². The van der Waals surface area contributed by atoms with E-state index in [4.69, 9.17) is 0 Å². The number of para-hydroxylation sites is 3. The van der Waals surface area contributed by atoms with Gasteiger partial charge in [0.05, 0.1) is 16.6 Å². The van der Waals surface area contributed by atoms with Crippen LogP contribution in [0.25, 0.3) is 77.9 Å². The van der Waals surface area contributed by atoms with E-state index in [-0.39, 0.29) is 0 Å². The van der Waals surface area contributed by atoms with E-state index in [1.165, 1.54) is 44.1 Å². The summed E-state index contributed by atoms with van der Waals surface area (Å²) in [6.07, 6.45) is 6.48. The maximum Gasteiger partial charge on any atom is 0.428 e. The summed E-state index contributed by atoms with van der Waals surface area (Å²) in [5, 5.41) is 2.49. The van der Waals surface area contributed by atoms with Crippen LogP contribution in [0.5, 0.6) is 0 Å². The predicted octanol–water partition coefficient (Wildman–Crippen LogP) is 10.6. The zero-order chi connectivity index (χ0) is 36.6. The third-order valence-corrected chi connectivity index (χ3v) is 10.4. The average molecular weight is 706 g/mol. The highest BCUT2D eigenvalue weighted by Crippen LogP contribution is 2.36. The lowest BCUT2D eigenvalue weighted by Gasteiger charge is -2.11. The second-order valence-electron chi connectivity index (χ2n) is 13.8. The molecule has 0 radical (unpaired) electrons. The van der Waals surface area contributed by atoms with E-state index in [2.05, 4.69) is 244 Å². The molecule has 0 aliphatic heterocycles. The summed E-state index contributed by atoms with van der Waals surface area (Å²) in [5.74, 6) is 0. The van der Waals surface area contributed by atoms with Gasteiger partial charge in [0.2, 0.25) is 17.1 Å². The summed E-state index contributed by atoms with van der Waals surface area (Å²) in [7, 11) is 0. The molecule has 0 N–H and O–H groups in total. The van der Waals surface area contributed by atoms with E-state index in [1.54, 1.807) is 0 Å². The molecule has 0 aliphatic carbocycles. The van der Waals surface area contributed by atoms with Crippen molar-refractivity contribution in [3.8, 4) is 56.1 Å². The smallest absolute Gasteiger partial charge is 0.309 e. The van der Waals surface area contributed by atoms with Crippen LogP contribution in [0.4, 0.5) is 0 Å². The van der Waals surface area contributed by atoms with Crippen molar-refractivity contribution in [3.05, 3.63) is 225 Å². The van der Waals surface area contributed by atoms with E-state index in [1.807, 2.05) is 0 Å². The number of nitrogens with zero attached hydrogens (tertiary/aromatic N) is 4. The molecule has 0 unspecified atom stereocenters. The van der Waals surface area contributed by atoms with Crippen molar-refractivity contribution in [1.82, 2.24) is 4.57 Å². The van der Waals surface area contributed by atoms with Gasteiger partial charge >= 0.3 is 19.0 Å². The van der Waals surface area contributed by atoms with Gasteiger partial charge in [-0.05, 0) is 58.1 Å². The minimum Gasteiger partial charge on any atom is -0.309 e. The van der Waals surface area contributed by atoms with Crippen molar-refractivity contribution in [2.75, 3.05) is 0 Å². The second kappa shape index (κ2) is 13.8. The van der Waals surface area contributed by atoms with Gasteiger partial charge in [-0.25, -0.2) is 0 Å². The third-order valence-electron chi connectivity index (χ3n) is 10.4. The van der Waals surface area contributed by atoms with Gasteiger partial charge in [0.25, 0.3) is 0 Å². The lowest BCUT2D eigenvalue weighted by atomic mass is 10.0. The SMILES string of the molecule is c1ccc(-c2cccc(-[n+]3c[n+](-c4ccccc4)c[n+](-c4ccccc4-c4cccc(-n5c6ccccc6c6ccc(-c7ccccc7)cc65)c4)c3)c2)cc1. The Bertz CT molecular complexity index is 2970. The fraction of sp³-hybridized carbons (Fsp3) is 0. The number of hydrogen-bond acceptors (Lipinski definition) is 0. The zero-order valence-corrected chi connectivity index (χ0v) is 30.2. The predicted molar refractivity (Wildman–Crippen MR) is 222 cm³/mol. The quantitative estimate of drug-likeness (QED) is 0.147. The Balaban J connectivity index is 1.13. The van der Waals surface area contributed by atoms with Crippen LogP contribution in [0.1, 0.15) is 0 Å². The molecule has 10 rings (SSSR count). The lowest BCUT2D eigenvalue weighted by Crippen LogP contribution is -2.55. The largest absolute Gasteiger partial charge is 0.428 e. The molecule has 4 heteroatoms. The Labute approximate surface area is 320 Å². The molecule has 0 spiro atoms. The molecular weight excluding hydrogens is 669 g/mol. The van der Waals surface area contributed by atoms with Gasteiger partial charge in [-0.3, -0.25) is 0 Å². The number of benzene rings is 8. The molecule has 2 heterocycles. The monoisotopic (exact) mass is 705 g/mol. The summed E-state index contributed by atoms with van der Waals surface area (Å²) in [6, 6.07) is 73.6. The van der Waals surface area contributed by atoms with Crippen molar-refractivity contribution < 1.29 is 13.7 Å². The fourth-order valence-corrected chi connectivity index (χ4v) is 7.77. The van der Waals surface area contributed by atoms with E-state index in [0.29, 0.717) is 0 Å². The standard InChI is InChI=1S/C51H37N4/c1-4-16-38(17-5-1)40-20-14-24-44(32-40)53-35-52(43-22-8-3-9-23-43)36-54(37-53)49-28-12-10-26-46(49)42-21-15-25-45(33-42)55-50-29-13-11-27-47(50)48-31-30-41(34-51(48)55)39-18-6-2-7-19-39/h1-37H/q+3. The Morgan fingerprint density at radius 2 is 0.855 bits per heavy atom. The average Bonchev–Trinajstić information content (AvgIpc) is 3.61. The van der Waals surface area contributed by atoms with E-state index in [9.17, 15) is 0 Å². The van der Waals surface area contributed by atoms with Crippen LogP contribution in [-0.4, -0.2) is 4.57 Å². The summed E-state index contributed by atoms with van der Waals surface area (Å²) < 4.78 is 9.03. The Morgan fingerprint density at radius 3 is 1.64 bits per heavy atom. The second-order valence-corrected chi connectivity index (χ2v) is 13.8. The molecule has 0 bridgehead atoms. The summed E-state index contributed by atoms with van der Waals surface area (Å²) in [4.78, 5) is 0. The first kappa shape index (κ1) is 32.2. The first-order valence-electron chi connectivity index (χ1n) is 18.7. The highest BCUT2D eigenvalue weighted by molar-refractivity contribution is 6.10. The van der Waals surface area contributed by atoms with Crippen LogP contribution in [-0.2, 0) is 0 Å². The minimum absolute atomic E-state index is 1.07. The van der Waals surface area contributed by atoms with Crippen LogP contribution >= 0.6 is 0 Å². The molecule has 4 nitrogen and oxygen atoms in total. The molecule has 0 fully saturated rings. The first-order valence-corrected chi connectivity index (χ1v) is 18.7. The number of hydrogen-bond donors (Lipinski definition) is 0. The molecule has 8 aromatic carbocycles. The molecule has 2 aromatic heterocycles. The molecule has 0 aliphatic rings. The molecule has 55 heavy (non-hydrogen) atoms. The van der Waals surface area contributed by atoms with Gasteiger partial charge in [-0.15, -0.1) is 0 Å². The van der Waals surface area contributed by atoms with E-state index >= 15 is 0 Å². The summed E-state index contributed by atoms with van der Waals surface area (Å²) in [6.45, 7) is 0. The van der Waals surface area contributed by atoms with Crippen LogP contribution < -0.4 is 13.7 Å². The molecule has 0 saturated carbocycles. The van der Waals surface area contributed by atoms with Crippen molar-refractivity contribution in [1.29, 1.82) is 0 Å². The fourth-order valence-electron chi connectivity index (χ4n) is 7.77. The maximum absolute atomic E-state index is 2.41. The minimum atomic E-state index is 1.07. The zero-order valence-electron chi connectivity index (χ0n) is 30.2. The van der Waals surface area contributed by atoms with Gasteiger partial charge in [0, 0.05) is 46.8 Å². The van der Waals surface area contributed by atoms with E-state index < -0.39 is 0 Å². The van der Waals surface area contributed by atoms with Crippen molar-refractivity contribution in [2.45, 2.75) is 0 Å². The highest BCUT2D eigenvalue weighted by Gasteiger charge is 2.27. The number of aromatic nitrogens is 4. The van der Waals surface area contributed by atoms with Crippen molar-refractivity contribution in [3.63, 3.8) is 0 Å². The molecule has 0 atom stereocenters. The maximum atomic E-state index is 2.41. The lowest BCUT2D eigenvalue weighted by molar-refractivity contribution is -0.858. The number of rotatable bonds is 7. The first-order chi connectivity index (χ1) is 27.3. The summed E-state index contributed by atoms with van der Waals surface area (Å²) >= 11 is 0. The Kier molecular flexibility index (Phi) is 8.12. The van der Waals surface area contributed by atoms with Gasteiger partial charge in [0.15, 0.2) is 0 Å². The van der Waals surface area contributed by atoms with E-state index in [0.717, 1.165) is 33.9 Å². The molecular formula is C51H37N4+3.